The Kier molecular flexibility index (Phi) is 4.87. The molecule has 1 fully saturated rings. The summed E-state index contributed by atoms with van der Waals surface area (Å²) in [6.07, 6.45) is 2.16. The third kappa shape index (κ3) is 3.50. The molecule has 0 spiro atoms. The average molecular weight is 346 g/mol. The van der Waals surface area contributed by atoms with Gasteiger partial charge in [-0.1, -0.05) is 11.6 Å². The van der Waals surface area contributed by atoms with Gasteiger partial charge in [-0.3, -0.25) is 4.79 Å². The summed E-state index contributed by atoms with van der Waals surface area (Å²) in [7, 11) is 4.08. The van der Waals surface area contributed by atoms with Crippen LogP contribution in [0.3, 0.4) is 0 Å². The minimum atomic E-state index is 0.0906. The van der Waals surface area contributed by atoms with Gasteiger partial charge in [-0.25, -0.2) is 0 Å². The van der Waals surface area contributed by atoms with Gasteiger partial charge in [0, 0.05) is 28.6 Å². The molecule has 1 aromatic carbocycles. The highest BCUT2D eigenvalue weighted by Gasteiger charge is 2.30. The molecule has 1 atom stereocenters. The summed E-state index contributed by atoms with van der Waals surface area (Å²) in [6.45, 7) is 1.75. The van der Waals surface area contributed by atoms with Crippen LogP contribution in [0, 0.1) is 0 Å². The van der Waals surface area contributed by atoms with Crippen LogP contribution in [0.2, 0.25) is 5.02 Å². The van der Waals surface area contributed by atoms with Crippen molar-refractivity contribution in [2.75, 3.05) is 27.2 Å². The van der Waals surface area contributed by atoms with Gasteiger partial charge in [0.1, 0.15) is 0 Å². The van der Waals surface area contributed by atoms with Crippen molar-refractivity contribution in [3.63, 3.8) is 0 Å². The van der Waals surface area contributed by atoms with E-state index in [1.165, 1.54) is 0 Å². The summed E-state index contributed by atoms with van der Waals surface area (Å²) in [5.41, 5.74) is 0.690. The first-order valence-corrected chi connectivity index (χ1v) is 7.57. The smallest absolute Gasteiger partial charge is 0.255 e. The van der Waals surface area contributed by atoms with Crippen LogP contribution in [0.15, 0.2) is 22.7 Å². The number of hydrogen-bond donors (Lipinski definition) is 0. The van der Waals surface area contributed by atoms with E-state index in [0.717, 1.165) is 30.4 Å². The monoisotopic (exact) mass is 344 g/mol. The van der Waals surface area contributed by atoms with Crippen LogP contribution in [-0.2, 0) is 0 Å². The molecule has 3 nitrogen and oxygen atoms in total. The maximum Gasteiger partial charge on any atom is 0.255 e. The zero-order chi connectivity index (χ0) is 14.0. The molecule has 0 N–H and O–H groups in total. The molecular formula is C14H18BrClN2O. The molecule has 0 bridgehead atoms. The Morgan fingerprint density at radius 2 is 2.26 bits per heavy atom. The van der Waals surface area contributed by atoms with E-state index in [1.807, 2.05) is 19.0 Å². The predicted molar refractivity (Wildman–Crippen MR) is 81.8 cm³/mol. The molecule has 2 rings (SSSR count). The van der Waals surface area contributed by atoms with E-state index in [0.29, 0.717) is 16.6 Å². The van der Waals surface area contributed by atoms with Gasteiger partial charge in [-0.05, 0) is 61.1 Å². The van der Waals surface area contributed by atoms with Gasteiger partial charge in [0.2, 0.25) is 0 Å². The third-order valence-electron chi connectivity index (χ3n) is 3.38. The minimum absolute atomic E-state index is 0.0906. The lowest BCUT2D eigenvalue weighted by molar-refractivity contribution is 0.0715. The molecule has 1 saturated heterocycles. The molecule has 0 radical (unpaired) electrons. The highest BCUT2D eigenvalue weighted by Crippen LogP contribution is 2.26. The molecule has 1 heterocycles. The number of hydrogen-bond acceptors (Lipinski definition) is 2. The molecule has 1 aliphatic heterocycles. The molecular weight excluding hydrogens is 328 g/mol. The lowest BCUT2D eigenvalue weighted by atomic mass is 10.1. The number of likely N-dealkylation sites (N-methyl/N-ethyl adjacent to an activating group) is 1. The van der Waals surface area contributed by atoms with Crippen LogP contribution < -0.4 is 0 Å². The van der Waals surface area contributed by atoms with Crippen molar-refractivity contribution in [1.82, 2.24) is 9.80 Å². The third-order valence-corrected chi connectivity index (χ3v) is 4.27. The summed E-state index contributed by atoms with van der Waals surface area (Å²) in [6, 6.07) is 5.63. The van der Waals surface area contributed by atoms with Gasteiger partial charge in [-0.15, -0.1) is 0 Å². The number of carbonyl (C=O) groups excluding carboxylic acids is 1. The van der Waals surface area contributed by atoms with Crippen molar-refractivity contribution in [3.8, 4) is 0 Å². The number of carbonyl (C=O) groups is 1. The Hall–Kier alpha value is -0.580. The Labute approximate surface area is 127 Å². The van der Waals surface area contributed by atoms with Crippen molar-refractivity contribution >= 4 is 33.4 Å². The highest BCUT2D eigenvalue weighted by molar-refractivity contribution is 9.10. The van der Waals surface area contributed by atoms with Gasteiger partial charge >= 0.3 is 0 Å². The fourth-order valence-electron chi connectivity index (χ4n) is 2.53. The first-order valence-electron chi connectivity index (χ1n) is 6.40. The lowest BCUT2D eigenvalue weighted by Gasteiger charge is -2.27. The van der Waals surface area contributed by atoms with Crippen molar-refractivity contribution in [2.45, 2.75) is 18.9 Å². The Morgan fingerprint density at radius 3 is 2.89 bits per heavy atom. The van der Waals surface area contributed by atoms with E-state index >= 15 is 0 Å². The summed E-state index contributed by atoms with van der Waals surface area (Å²) < 4.78 is 0.764. The standard InChI is InChI=1S/C14H18BrClN2O/c1-17(2)9-11-4-3-7-18(11)14(19)12-6-5-10(16)8-13(12)15/h5-6,8,11H,3-4,7,9H2,1-2H3. The van der Waals surface area contributed by atoms with E-state index in [9.17, 15) is 4.79 Å². The fourth-order valence-corrected chi connectivity index (χ4v) is 3.38. The second kappa shape index (κ2) is 6.25. The largest absolute Gasteiger partial charge is 0.334 e. The maximum atomic E-state index is 12.6. The molecule has 0 aliphatic carbocycles. The molecule has 5 heteroatoms. The summed E-state index contributed by atoms with van der Waals surface area (Å²) >= 11 is 9.34. The van der Waals surface area contributed by atoms with Crippen LogP contribution in [0.5, 0.6) is 0 Å². The van der Waals surface area contributed by atoms with Gasteiger partial charge in [-0.2, -0.15) is 0 Å². The SMILES string of the molecule is CN(C)CC1CCCN1C(=O)c1ccc(Cl)cc1Br. The molecule has 19 heavy (non-hydrogen) atoms. The van der Waals surface area contributed by atoms with E-state index < -0.39 is 0 Å². The molecule has 1 unspecified atom stereocenters. The second-order valence-electron chi connectivity index (χ2n) is 5.18. The summed E-state index contributed by atoms with van der Waals surface area (Å²) in [5, 5.41) is 0.634. The zero-order valence-electron chi connectivity index (χ0n) is 11.2. The Balaban J connectivity index is 2.18. The van der Waals surface area contributed by atoms with Crippen molar-refractivity contribution in [1.29, 1.82) is 0 Å². The predicted octanol–water partition coefficient (Wildman–Crippen LogP) is 3.27. The van der Waals surface area contributed by atoms with Gasteiger partial charge in [0.25, 0.3) is 5.91 Å². The molecule has 1 aromatic rings. The molecule has 1 amide bonds. The first-order chi connectivity index (χ1) is 8.99. The van der Waals surface area contributed by atoms with Crippen LogP contribution >= 0.6 is 27.5 Å². The molecule has 1 aliphatic rings. The highest BCUT2D eigenvalue weighted by atomic mass is 79.9. The normalized spacial score (nSPS) is 19.2. The average Bonchev–Trinajstić information content (AvgIpc) is 2.75. The summed E-state index contributed by atoms with van der Waals surface area (Å²) in [4.78, 5) is 16.7. The van der Waals surface area contributed by atoms with E-state index in [-0.39, 0.29) is 5.91 Å². The van der Waals surface area contributed by atoms with E-state index in [4.69, 9.17) is 11.6 Å². The van der Waals surface area contributed by atoms with Crippen molar-refractivity contribution in [2.24, 2.45) is 0 Å². The lowest BCUT2D eigenvalue weighted by Crippen LogP contribution is -2.41. The van der Waals surface area contributed by atoms with Crippen molar-refractivity contribution in [3.05, 3.63) is 33.3 Å². The Morgan fingerprint density at radius 1 is 1.53 bits per heavy atom. The van der Waals surface area contributed by atoms with Crippen molar-refractivity contribution < 1.29 is 4.79 Å². The fraction of sp³-hybridized carbons (Fsp3) is 0.500. The number of rotatable bonds is 3. The Bertz CT molecular complexity index is 479. The van der Waals surface area contributed by atoms with E-state index in [1.54, 1.807) is 18.2 Å². The summed E-state index contributed by atoms with van der Waals surface area (Å²) in [5.74, 6) is 0.0906. The van der Waals surface area contributed by atoms with E-state index in [2.05, 4.69) is 20.8 Å². The number of nitrogens with zero attached hydrogens (tertiary/aromatic N) is 2. The molecule has 0 aromatic heterocycles. The number of halogens is 2. The number of likely N-dealkylation sites (tertiary alicyclic amines) is 1. The molecule has 104 valence electrons. The van der Waals surface area contributed by atoms with Crippen LogP contribution in [-0.4, -0.2) is 48.9 Å². The zero-order valence-corrected chi connectivity index (χ0v) is 13.5. The molecule has 0 saturated carbocycles. The first kappa shape index (κ1) is 14.8. The topological polar surface area (TPSA) is 23.6 Å². The second-order valence-corrected chi connectivity index (χ2v) is 6.47. The minimum Gasteiger partial charge on any atom is -0.334 e. The van der Waals surface area contributed by atoms with Crippen LogP contribution in [0.1, 0.15) is 23.2 Å². The van der Waals surface area contributed by atoms with Gasteiger partial charge < -0.3 is 9.80 Å². The van der Waals surface area contributed by atoms with Crippen LogP contribution in [0.4, 0.5) is 0 Å². The number of benzene rings is 1. The van der Waals surface area contributed by atoms with Crippen LogP contribution in [0.25, 0.3) is 0 Å². The van der Waals surface area contributed by atoms with Gasteiger partial charge in [0.15, 0.2) is 0 Å². The van der Waals surface area contributed by atoms with Gasteiger partial charge in [0.05, 0.1) is 5.56 Å². The number of amides is 1. The maximum absolute atomic E-state index is 12.6. The quantitative estimate of drug-likeness (QED) is 0.839.